The van der Waals surface area contributed by atoms with E-state index in [1.54, 1.807) is 0 Å². The highest BCUT2D eigenvalue weighted by atomic mass is 32.1. The molecule has 0 aliphatic carbocycles. The molecule has 0 amide bonds. The highest BCUT2D eigenvalue weighted by Crippen LogP contribution is 2.44. The molecule has 0 radical (unpaired) electrons. The highest BCUT2D eigenvalue weighted by Gasteiger charge is 2.20. The van der Waals surface area contributed by atoms with E-state index in [0.29, 0.717) is 17.5 Å². The SMILES string of the molecule is c1ccc(-c2ccc(-c3nc(-c4ccccc4)nc(-c4cccc(-c5cccc(-n6c7ccccc7c7c8sc9ccccc9c8ccc76)c5)c4)n3)c(-c3ccccc3)c2)cc1. The minimum atomic E-state index is 0.618. The maximum absolute atomic E-state index is 5.26. The smallest absolute Gasteiger partial charge is 0.164 e. The second-order valence-electron chi connectivity index (χ2n) is 15.6. The molecule has 3 aromatic heterocycles. The molecule has 0 saturated heterocycles. The monoisotopic (exact) mass is 808 g/mol. The molecule has 0 bridgehead atoms. The summed E-state index contributed by atoms with van der Waals surface area (Å²) in [5.74, 6) is 1.87. The zero-order valence-corrected chi connectivity index (χ0v) is 34.3. The molecule has 0 spiro atoms. The molecule has 0 N–H and O–H groups in total. The summed E-state index contributed by atoms with van der Waals surface area (Å²) in [7, 11) is 0. The Morgan fingerprint density at radius 3 is 1.69 bits per heavy atom. The van der Waals surface area contributed by atoms with Crippen molar-refractivity contribution in [3.05, 3.63) is 218 Å². The van der Waals surface area contributed by atoms with Crippen LogP contribution < -0.4 is 0 Å². The van der Waals surface area contributed by atoms with Gasteiger partial charge in [0.05, 0.1) is 11.0 Å². The van der Waals surface area contributed by atoms with Crippen LogP contribution in [-0.4, -0.2) is 19.5 Å². The average molecular weight is 809 g/mol. The third kappa shape index (κ3) is 6.18. The van der Waals surface area contributed by atoms with Crippen molar-refractivity contribution in [1.82, 2.24) is 19.5 Å². The Hall–Kier alpha value is -7.99. The summed E-state index contributed by atoms with van der Waals surface area (Å²) in [5.41, 5.74) is 12.9. The van der Waals surface area contributed by atoms with Gasteiger partial charge in [0.1, 0.15) is 0 Å². The molecule has 3 heterocycles. The number of hydrogen-bond acceptors (Lipinski definition) is 4. The lowest BCUT2D eigenvalue weighted by atomic mass is 9.94. The number of para-hydroxylation sites is 1. The number of benzene rings is 9. The van der Waals surface area contributed by atoms with E-state index in [-0.39, 0.29) is 0 Å². The fourth-order valence-electron chi connectivity index (χ4n) is 8.92. The minimum absolute atomic E-state index is 0.618. The van der Waals surface area contributed by atoms with Gasteiger partial charge in [-0.1, -0.05) is 170 Å². The molecule has 9 aromatic carbocycles. The second-order valence-corrected chi connectivity index (χ2v) is 16.6. The lowest BCUT2D eigenvalue weighted by molar-refractivity contribution is 1.07. The molecule has 5 heteroatoms. The van der Waals surface area contributed by atoms with Crippen molar-refractivity contribution in [3.8, 4) is 73.2 Å². The average Bonchev–Trinajstić information content (AvgIpc) is 3.91. The van der Waals surface area contributed by atoms with E-state index in [4.69, 9.17) is 15.0 Å². The van der Waals surface area contributed by atoms with Crippen LogP contribution in [0.1, 0.15) is 0 Å². The van der Waals surface area contributed by atoms with Crippen LogP contribution in [0, 0.1) is 0 Å². The van der Waals surface area contributed by atoms with Crippen molar-refractivity contribution in [2.24, 2.45) is 0 Å². The van der Waals surface area contributed by atoms with Gasteiger partial charge < -0.3 is 4.57 Å². The first-order valence-electron chi connectivity index (χ1n) is 20.8. The van der Waals surface area contributed by atoms with E-state index in [9.17, 15) is 0 Å². The van der Waals surface area contributed by atoms with Gasteiger partial charge in [-0.25, -0.2) is 15.0 Å². The largest absolute Gasteiger partial charge is 0.309 e. The number of hydrogen-bond donors (Lipinski definition) is 0. The Morgan fingerprint density at radius 1 is 0.323 bits per heavy atom. The first-order valence-corrected chi connectivity index (χ1v) is 21.7. The summed E-state index contributed by atoms with van der Waals surface area (Å²) in [6.07, 6.45) is 0. The number of rotatable bonds is 7. The van der Waals surface area contributed by atoms with Gasteiger partial charge in [0.2, 0.25) is 0 Å². The predicted molar refractivity (Wildman–Crippen MR) is 260 cm³/mol. The Kier molecular flexibility index (Phi) is 8.65. The zero-order valence-electron chi connectivity index (χ0n) is 33.5. The molecular formula is C57H36N4S. The molecule has 0 fully saturated rings. The highest BCUT2D eigenvalue weighted by molar-refractivity contribution is 7.26. The quantitative estimate of drug-likeness (QED) is 0.161. The number of aromatic nitrogens is 4. The fraction of sp³-hybridized carbons (Fsp3) is 0. The van der Waals surface area contributed by atoms with Gasteiger partial charge in [0.25, 0.3) is 0 Å². The van der Waals surface area contributed by atoms with Crippen LogP contribution >= 0.6 is 11.3 Å². The number of fused-ring (bicyclic) bond motifs is 7. The molecule has 12 rings (SSSR count). The van der Waals surface area contributed by atoms with E-state index in [1.165, 1.54) is 42.0 Å². The Balaban J connectivity index is 0.994. The fourth-order valence-corrected chi connectivity index (χ4v) is 10.2. The van der Waals surface area contributed by atoms with Gasteiger partial charge in [-0.3, -0.25) is 0 Å². The van der Waals surface area contributed by atoms with Crippen molar-refractivity contribution in [2.45, 2.75) is 0 Å². The standard InChI is InChI=1S/C57H36N4S/c1-4-16-37(17-5-1)42-30-31-47(49(36-42)38-18-6-2-7-19-38)57-59-55(39-20-8-3-9-21-39)58-56(60-57)43-24-14-22-40(34-43)41-23-15-25-44(35-41)61-50-28-12-10-27-48(50)53-51(61)33-32-46-45-26-11-13-29-52(45)62-54(46)53/h1-36H. The summed E-state index contributed by atoms with van der Waals surface area (Å²) < 4.78 is 5.06. The van der Waals surface area contributed by atoms with Gasteiger partial charge in [-0.05, 0) is 81.9 Å². The number of thiophene rings is 1. The third-order valence-electron chi connectivity index (χ3n) is 11.9. The Labute approximate surface area is 362 Å². The maximum atomic E-state index is 5.26. The van der Waals surface area contributed by atoms with Crippen LogP contribution in [0.15, 0.2) is 218 Å². The lowest BCUT2D eigenvalue weighted by Crippen LogP contribution is -2.01. The molecule has 0 saturated carbocycles. The topological polar surface area (TPSA) is 43.6 Å². The summed E-state index contributed by atoms with van der Waals surface area (Å²) in [6, 6.07) is 77.3. The van der Waals surface area contributed by atoms with E-state index < -0.39 is 0 Å². The van der Waals surface area contributed by atoms with E-state index in [1.807, 2.05) is 41.7 Å². The van der Waals surface area contributed by atoms with Gasteiger partial charge in [-0.2, -0.15) is 0 Å². The molecule has 0 atom stereocenters. The molecule has 12 aromatic rings. The maximum Gasteiger partial charge on any atom is 0.164 e. The van der Waals surface area contributed by atoms with Crippen LogP contribution in [0.5, 0.6) is 0 Å². The van der Waals surface area contributed by atoms with Gasteiger partial charge in [0.15, 0.2) is 17.5 Å². The molecular weight excluding hydrogens is 773 g/mol. The van der Waals surface area contributed by atoms with Crippen LogP contribution in [0.25, 0.3) is 115 Å². The normalized spacial score (nSPS) is 11.5. The Bertz CT molecular complexity index is 3630. The molecule has 0 aliphatic rings. The van der Waals surface area contributed by atoms with Gasteiger partial charge in [-0.15, -0.1) is 11.3 Å². The minimum Gasteiger partial charge on any atom is -0.309 e. The lowest BCUT2D eigenvalue weighted by Gasteiger charge is -2.14. The van der Waals surface area contributed by atoms with E-state index in [0.717, 1.165) is 55.8 Å². The van der Waals surface area contributed by atoms with Gasteiger partial charge >= 0.3 is 0 Å². The first kappa shape index (κ1) is 35.9. The molecule has 0 unspecified atom stereocenters. The predicted octanol–water partition coefficient (Wildman–Crippen LogP) is 15.3. The third-order valence-corrected chi connectivity index (χ3v) is 13.1. The molecule has 0 aliphatic heterocycles. The summed E-state index contributed by atoms with van der Waals surface area (Å²) in [5, 5.41) is 5.18. The van der Waals surface area contributed by atoms with Crippen molar-refractivity contribution < 1.29 is 0 Å². The van der Waals surface area contributed by atoms with Crippen molar-refractivity contribution in [1.29, 1.82) is 0 Å². The molecule has 290 valence electrons. The van der Waals surface area contributed by atoms with Crippen LogP contribution in [-0.2, 0) is 0 Å². The van der Waals surface area contributed by atoms with Crippen LogP contribution in [0.3, 0.4) is 0 Å². The first-order chi connectivity index (χ1) is 30.7. The van der Waals surface area contributed by atoms with Crippen LogP contribution in [0.4, 0.5) is 0 Å². The van der Waals surface area contributed by atoms with E-state index in [2.05, 4.69) is 193 Å². The van der Waals surface area contributed by atoms with Crippen molar-refractivity contribution >= 4 is 53.3 Å². The molecule has 4 nitrogen and oxygen atoms in total. The summed E-state index contributed by atoms with van der Waals surface area (Å²) in [6.45, 7) is 0. The Morgan fingerprint density at radius 2 is 0.903 bits per heavy atom. The summed E-state index contributed by atoms with van der Waals surface area (Å²) in [4.78, 5) is 15.6. The van der Waals surface area contributed by atoms with Gasteiger partial charge in [0, 0.05) is 53.3 Å². The van der Waals surface area contributed by atoms with Crippen molar-refractivity contribution in [2.75, 3.05) is 0 Å². The summed E-state index contributed by atoms with van der Waals surface area (Å²) >= 11 is 1.88. The van der Waals surface area contributed by atoms with Crippen LogP contribution in [0.2, 0.25) is 0 Å². The van der Waals surface area contributed by atoms with Crippen molar-refractivity contribution in [3.63, 3.8) is 0 Å². The molecule has 62 heavy (non-hydrogen) atoms. The number of nitrogens with zero attached hydrogens (tertiary/aromatic N) is 4. The zero-order chi connectivity index (χ0) is 41.0. The second kappa shape index (κ2) is 14.9. The van der Waals surface area contributed by atoms with E-state index >= 15 is 0 Å².